The Balaban J connectivity index is 2.17. The predicted molar refractivity (Wildman–Crippen MR) is 63.6 cm³/mol. The Kier molecular flexibility index (Phi) is 3.57. The van der Waals surface area contributed by atoms with E-state index in [1.807, 2.05) is 0 Å². The Morgan fingerprint density at radius 2 is 2.07 bits per heavy atom. The zero-order valence-electron chi connectivity index (χ0n) is 9.28. The maximum absolute atomic E-state index is 5.53. The second-order valence-electron chi connectivity index (χ2n) is 4.21. The van der Waals surface area contributed by atoms with Crippen molar-refractivity contribution in [3.63, 3.8) is 0 Å². The van der Waals surface area contributed by atoms with Crippen LogP contribution in [0.15, 0.2) is 35.9 Å². The number of rotatable bonds is 1. The van der Waals surface area contributed by atoms with Gasteiger partial charge in [0.2, 0.25) is 0 Å². The average molecular weight is 202 g/mol. The summed E-state index contributed by atoms with van der Waals surface area (Å²) in [7, 11) is 0. The number of hydrogen-bond acceptors (Lipinski definition) is 1. The monoisotopic (exact) mass is 202 g/mol. The molecule has 0 amide bonds. The van der Waals surface area contributed by atoms with Crippen molar-refractivity contribution in [1.82, 2.24) is 0 Å². The maximum Gasteiger partial charge on any atom is 0.0528 e. The van der Waals surface area contributed by atoms with Gasteiger partial charge in [-0.2, -0.15) is 0 Å². The Labute approximate surface area is 91.8 Å². The normalized spacial score (nSPS) is 25.1. The summed E-state index contributed by atoms with van der Waals surface area (Å²) in [5.74, 6) is 0.563. The molecule has 1 heteroatoms. The molecule has 0 saturated carbocycles. The van der Waals surface area contributed by atoms with Crippen LogP contribution >= 0.6 is 0 Å². The van der Waals surface area contributed by atoms with Crippen LogP contribution in [0.1, 0.15) is 25.3 Å². The molecule has 2 rings (SSSR count). The number of ether oxygens (including phenoxy) is 1. The number of hydrogen-bond donors (Lipinski definition) is 0. The van der Waals surface area contributed by atoms with Crippen LogP contribution in [0.25, 0.3) is 6.08 Å². The molecule has 0 radical (unpaired) electrons. The van der Waals surface area contributed by atoms with Crippen molar-refractivity contribution in [2.24, 2.45) is 5.92 Å². The fourth-order valence-corrected chi connectivity index (χ4v) is 1.97. The molecule has 1 fully saturated rings. The van der Waals surface area contributed by atoms with Crippen LogP contribution in [-0.2, 0) is 4.74 Å². The molecule has 0 aromatic heterocycles. The second-order valence-corrected chi connectivity index (χ2v) is 4.21. The lowest BCUT2D eigenvalue weighted by Crippen LogP contribution is -2.04. The molecule has 80 valence electrons. The SMILES string of the molecule is CC1COCCCC1=Cc1ccccc1. The van der Waals surface area contributed by atoms with Crippen molar-refractivity contribution in [2.75, 3.05) is 13.2 Å². The van der Waals surface area contributed by atoms with Gasteiger partial charge >= 0.3 is 0 Å². The Hall–Kier alpha value is -1.08. The van der Waals surface area contributed by atoms with Crippen LogP contribution in [0, 0.1) is 5.92 Å². The van der Waals surface area contributed by atoms with Gasteiger partial charge in [0.05, 0.1) is 6.61 Å². The molecule has 1 heterocycles. The molecule has 0 spiro atoms. The highest BCUT2D eigenvalue weighted by Crippen LogP contribution is 2.23. The summed E-state index contributed by atoms with van der Waals surface area (Å²) in [6.45, 7) is 4.04. The highest BCUT2D eigenvalue weighted by atomic mass is 16.5. The third kappa shape index (κ3) is 2.93. The van der Waals surface area contributed by atoms with Crippen molar-refractivity contribution in [2.45, 2.75) is 19.8 Å². The first-order valence-electron chi connectivity index (χ1n) is 5.69. The molecule has 1 nitrogen and oxygen atoms in total. The zero-order valence-corrected chi connectivity index (χ0v) is 9.28. The second kappa shape index (κ2) is 5.13. The summed E-state index contributed by atoms with van der Waals surface area (Å²) in [5, 5.41) is 0. The molecular weight excluding hydrogens is 184 g/mol. The van der Waals surface area contributed by atoms with E-state index in [9.17, 15) is 0 Å². The number of benzene rings is 1. The molecule has 1 aliphatic heterocycles. The topological polar surface area (TPSA) is 9.23 Å². The van der Waals surface area contributed by atoms with Gasteiger partial charge in [-0.25, -0.2) is 0 Å². The Morgan fingerprint density at radius 3 is 2.87 bits per heavy atom. The average Bonchev–Trinajstić information content (AvgIpc) is 2.46. The van der Waals surface area contributed by atoms with E-state index in [0.29, 0.717) is 5.92 Å². The lowest BCUT2D eigenvalue weighted by atomic mass is 9.96. The van der Waals surface area contributed by atoms with Gasteiger partial charge in [0.1, 0.15) is 0 Å². The minimum Gasteiger partial charge on any atom is -0.381 e. The maximum atomic E-state index is 5.53. The Bertz CT molecular complexity index is 326. The minimum absolute atomic E-state index is 0.563. The van der Waals surface area contributed by atoms with Gasteiger partial charge in [0.15, 0.2) is 0 Å². The zero-order chi connectivity index (χ0) is 10.5. The minimum atomic E-state index is 0.563. The largest absolute Gasteiger partial charge is 0.381 e. The van der Waals surface area contributed by atoms with E-state index >= 15 is 0 Å². The van der Waals surface area contributed by atoms with Crippen LogP contribution in [0.4, 0.5) is 0 Å². The first-order valence-corrected chi connectivity index (χ1v) is 5.69. The van der Waals surface area contributed by atoms with Crippen molar-refractivity contribution in [3.8, 4) is 0 Å². The van der Waals surface area contributed by atoms with Crippen LogP contribution in [0.2, 0.25) is 0 Å². The first-order chi connectivity index (χ1) is 7.36. The smallest absolute Gasteiger partial charge is 0.0528 e. The summed E-state index contributed by atoms with van der Waals surface area (Å²) in [6, 6.07) is 10.5. The van der Waals surface area contributed by atoms with Crippen LogP contribution in [-0.4, -0.2) is 13.2 Å². The molecule has 1 aromatic carbocycles. The summed E-state index contributed by atoms with van der Waals surface area (Å²) in [6.07, 6.45) is 4.65. The van der Waals surface area contributed by atoms with Gasteiger partial charge in [-0.1, -0.05) is 48.9 Å². The molecular formula is C14H18O. The van der Waals surface area contributed by atoms with E-state index in [1.165, 1.54) is 17.6 Å². The van der Waals surface area contributed by atoms with Gasteiger partial charge in [-0.3, -0.25) is 0 Å². The van der Waals surface area contributed by atoms with E-state index in [-0.39, 0.29) is 0 Å². The van der Waals surface area contributed by atoms with Crippen LogP contribution in [0.5, 0.6) is 0 Å². The summed E-state index contributed by atoms with van der Waals surface area (Å²) >= 11 is 0. The lowest BCUT2D eigenvalue weighted by Gasteiger charge is -2.11. The van der Waals surface area contributed by atoms with Gasteiger partial charge in [0, 0.05) is 12.5 Å². The van der Waals surface area contributed by atoms with E-state index in [0.717, 1.165) is 19.6 Å². The molecule has 0 aliphatic carbocycles. The highest BCUT2D eigenvalue weighted by Gasteiger charge is 2.12. The fourth-order valence-electron chi connectivity index (χ4n) is 1.97. The lowest BCUT2D eigenvalue weighted by molar-refractivity contribution is 0.126. The fraction of sp³-hybridized carbons (Fsp3) is 0.429. The van der Waals surface area contributed by atoms with E-state index in [2.05, 4.69) is 43.3 Å². The quantitative estimate of drug-likeness (QED) is 0.677. The van der Waals surface area contributed by atoms with Gasteiger partial charge in [-0.05, 0) is 18.4 Å². The van der Waals surface area contributed by atoms with Crippen LogP contribution in [0.3, 0.4) is 0 Å². The predicted octanol–water partition coefficient (Wildman–Crippen LogP) is 3.52. The molecule has 1 aromatic rings. The van der Waals surface area contributed by atoms with Crippen molar-refractivity contribution in [3.05, 3.63) is 41.5 Å². The van der Waals surface area contributed by atoms with E-state index in [4.69, 9.17) is 4.74 Å². The van der Waals surface area contributed by atoms with E-state index < -0.39 is 0 Å². The molecule has 15 heavy (non-hydrogen) atoms. The van der Waals surface area contributed by atoms with Gasteiger partial charge < -0.3 is 4.74 Å². The van der Waals surface area contributed by atoms with Gasteiger partial charge in [0.25, 0.3) is 0 Å². The van der Waals surface area contributed by atoms with Crippen molar-refractivity contribution >= 4 is 6.08 Å². The summed E-state index contributed by atoms with van der Waals surface area (Å²) in [5.41, 5.74) is 2.83. The molecule has 1 saturated heterocycles. The molecule has 0 N–H and O–H groups in total. The molecule has 1 atom stereocenters. The molecule has 1 unspecified atom stereocenters. The van der Waals surface area contributed by atoms with Gasteiger partial charge in [-0.15, -0.1) is 0 Å². The molecule has 0 bridgehead atoms. The first kappa shape index (κ1) is 10.4. The Morgan fingerprint density at radius 1 is 1.27 bits per heavy atom. The van der Waals surface area contributed by atoms with E-state index in [1.54, 1.807) is 0 Å². The third-order valence-corrected chi connectivity index (χ3v) is 2.91. The summed E-state index contributed by atoms with van der Waals surface area (Å²) < 4.78 is 5.53. The molecule has 1 aliphatic rings. The van der Waals surface area contributed by atoms with Crippen molar-refractivity contribution < 1.29 is 4.74 Å². The van der Waals surface area contributed by atoms with Crippen molar-refractivity contribution in [1.29, 1.82) is 0 Å². The summed E-state index contributed by atoms with van der Waals surface area (Å²) in [4.78, 5) is 0. The standard InChI is InChI=1S/C14H18O/c1-12-11-15-9-5-8-14(12)10-13-6-3-2-4-7-13/h2-4,6-7,10,12H,5,8-9,11H2,1H3. The van der Waals surface area contributed by atoms with Crippen LogP contribution < -0.4 is 0 Å². The highest BCUT2D eigenvalue weighted by molar-refractivity contribution is 5.53. The third-order valence-electron chi connectivity index (χ3n) is 2.91.